The largest absolute Gasteiger partial charge is 0.481 e. The van der Waals surface area contributed by atoms with Crippen LogP contribution in [0.3, 0.4) is 0 Å². The minimum Gasteiger partial charge on any atom is -0.481 e. The Balaban J connectivity index is 3.81. The Labute approximate surface area is 114 Å². The number of hydrazine groups is 1. The fourth-order valence-corrected chi connectivity index (χ4v) is 1.15. The summed E-state index contributed by atoms with van der Waals surface area (Å²) < 4.78 is 0. The number of nitrogens with zero attached hydrogens (tertiary/aromatic N) is 1. The number of carbonyl (C=O) groups is 3. The van der Waals surface area contributed by atoms with Crippen LogP contribution in [0.15, 0.2) is 4.99 Å². The molecule has 0 radical (unpaired) electrons. The van der Waals surface area contributed by atoms with Crippen LogP contribution in [0.25, 0.3) is 0 Å². The Kier molecular flexibility index (Phi) is 8.63. The average Bonchev–Trinajstić information content (AvgIpc) is 2.34. The van der Waals surface area contributed by atoms with Crippen molar-refractivity contribution in [2.24, 2.45) is 10.7 Å². The summed E-state index contributed by atoms with van der Waals surface area (Å²) in [7, 11) is 0. The van der Waals surface area contributed by atoms with Gasteiger partial charge in [-0.15, -0.1) is 0 Å². The number of rotatable bonds is 11. The third-order valence-electron chi connectivity index (χ3n) is 2.21. The van der Waals surface area contributed by atoms with Gasteiger partial charge in [0.05, 0.1) is 12.8 Å². The number of carboxylic acids is 3. The van der Waals surface area contributed by atoms with Gasteiger partial charge >= 0.3 is 17.9 Å². The number of aliphatic imine (C=N–C) groups is 1. The van der Waals surface area contributed by atoms with Gasteiger partial charge in [0.25, 0.3) is 0 Å². The zero-order valence-corrected chi connectivity index (χ0v) is 10.7. The van der Waals surface area contributed by atoms with Gasteiger partial charge in [0, 0.05) is 6.54 Å². The normalized spacial score (nSPS) is 13.8. The molecule has 0 rings (SSSR count). The van der Waals surface area contributed by atoms with E-state index in [2.05, 4.69) is 15.8 Å². The van der Waals surface area contributed by atoms with E-state index in [1.807, 2.05) is 0 Å². The Morgan fingerprint density at radius 1 is 1.20 bits per heavy atom. The average molecular weight is 290 g/mol. The third kappa shape index (κ3) is 8.83. The van der Waals surface area contributed by atoms with Crippen molar-refractivity contribution in [1.82, 2.24) is 10.9 Å². The highest BCUT2D eigenvalue weighted by Gasteiger charge is 2.18. The molecule has 0 spiro atoms. The second kappa shape index (κ2) is 9.69. The standard InChI is InChI=1S/C10H18N4O6/c11-6(9(17)18)2-1-3-13-14-5-12-7(10(19)20)4-8(15)16/h5-7,13H,1-4,11H2,(H,12,14)(H,15,16)(H,17,18)(H,19,20). The molecule has 0 aliphatic heterocycles. The van der Waals surface area contributed by atoms with E-state index in [4.69, 9.17) is 21.1 Å². The second-order valence-electron chi connectivity index (χ2n) is 3.89. The van der Waals surface area contributed by atoms with Crippen LogP contribution < -0.4 is 16.6 Å². The van der Waals surface area contributed by atoms with E-state index in [0.29, 0.717) is 13.0 Å². The molecule has 0 saturated heterocycles. The maximum atomic E-state index is 10.6. The lowest BCUT2D eigenvalue weighted by Gasteiger charge is -2.07. The van der Waals surface area contributed by atoms with Gasteiger partial charge in [0.1, 0.15) is 6.04 Å². The van der Waals surface area contributed by atoms with E-state index >= 15 is 0 Å². The molecule has 0 aromatic heterocycles. The van der Waals surface area contributed by atoms with Gasteiger partial charge in [-0.3, -0.25) is 14.6 Å². The lowest BCUT2D eigenvalue weighted by molar-refractivity contribution is -0.144. The summed E-state index contributed by atoms with van der Waals surface area (Å²) in [5, 5.41) is 25.7. The van der Waals surface area contributed by atoms with Crippen LogP contribution in [0, 0.1) is 0 Å². The molecule has 0 aromatic carbocycles. The lowest BCUT2D eigenvalue weighted by atomic mass is 10.2. The first-order valence-electron chi connectivity index (χ1n) is 5.77. The molecule has 0 heterocycles. The molecule has 0 aromatic rings. The van der Waals surface area contributed by atoms with E-state index in [1.54, 1.807) is 0 Å². The van der Waals surface area contributed by atoms with Gasteiger partial charge in [-0.2, -0.15) is 0 Å². The van der Waals surface area contributed by atoms with Crippen molar-refractivity contribution in [3.05, 3.63) is 0 Å². The van der Waals surface area contributed by atoms with Crippen LogP contribution in [0.1, 0.15) is 19.3 Å². The summed E-state index contributed by atoms with van der Waals surface area (Å²) >= 11 is 0. The third-order valence-corrected chi connectivity index (χ3v) is 2.21. The van der Waals surface area contributed by atoms with Crippen molar-refractivity contribution in [2.45, 2.75) is 31.3 Å². The summed E-state index contributed by atoms with van der Waals surface area (Å²) in [6.07, 6.45) is 1.21. The van der Waals surface area contributed by atoms with Crippen LogP contribution in [0.2, 0.25) is 0 Å². The van der Waals surface area contributed by atoms with E-state index in [-0.39, 0.29) is 6.42 Å². The summed E-state index contributed by atoms with van der Waals surface area (Å²) in [5.41, 5.74) is 10.4. The topological polar surface area (TPSA) is 174 Å². The zero-order valence-electron chi connectivity index (χ0n) is 10.7. The molecule has 10 heteroatoms. The monoisotopic (exact) mass is 290 g/mol. The van der Waals surface area contributed by atoms with Crippen molar-refractivity contribution in [3.8, 4) is 0 Å². The van der Waals surface area contributed by atoms with E-state index in [1.165, 1.54) is 0 Å². The molecular weight excluding hydrogens is 272 g/mol. The SMILES string of the molecule is NC(CCCNNC=NC(CC(=O)O)C(=O)O)C(=O)O. The highest BCUT2D eigenvalue weighted by Crippen LogP contribution is 1.97. The van der Waals surface area contributed by atoms with Gasteiger partial charge in [-0.05, 0) is 12.8 Å². The van der Waals surface area contributed by atoms with E-state index in [0.717, 1.165) is 6.34 Å². The van der Waals surface area contributed by atoms with Gasteiger partial charge in [0.2, 0.25) is 0 Å². The first-order valence-corrected chi connectivity index (χ1v) is 5.77. The fraction of sp³-hybridized carbons (Fsp3) is 0.600. The summed E-state index contributed by atoms with van der Waals surface area (Å²) in [4.78, 5) is 35.0. The second-order valence-corrected chi connectivity index (χ2v) is 3.89. The molecule has 0 bridgehead atoms. The van der Waals surface area contributed by atoms with Crippen LogP contribution in [0.4, 0.5) is 0 Å². The molecule has 10 nitrogen and oxygen atoms in total. The van der Waals surface area contributed by atoms with Crippen LogP contribution in [0.5, 0.6) is 0 Å². The van der Waals surface area contributed by atoms with Crippen molar-refractivity contribution >= 4 is 24.2 Å². The van der Waals surface area contributed by atoms with Gasteiger partial charge < -0.3 is 26.5 Å². The number of hydrogen-bond donors (Lipinski definition) is 6. The number of carboxylic acid groups (broad SMARTS) is 3. The predicted molar refractivity (Wildman–Crippen MR) is 68.2 cm³/mol. The van der Waals surface area contributed by atoms with Gasteiger partial charge in [-0.25, -0.2) is 10.2 Å². The number of nitrogens with one attached hydrogen (secondary N) is 2. The number of nitrogens with two attached hydrogens (primary N) is 1. The zero-order chi connectivity index (χ0) is 15.5. The van der Waals surface area contributed by atoms with Crippen LogP contribution >= 0.6 is 0 Å². The fourth-order valence-electron chi connectivity index (χ4n) is 1.15. The molecule has 2 atom stereocenters. The molecule has 114 valence electrons. The van der Waals surface area contributed by atoms with Crippen molar-refractivity contribution < 1.29 is 29.7 Å². The summed E-state index contributed by atoms with van der Waals surface area (Å²) in [6.45, 7) is 0.393. The molecule has 7 N–H and O–H groups in total. The highest BCUT2D eigenvalue weighted by atomic mass is 16.4. The predicted octanol–water partition coefficient (Wildman–Crippen LogP) is -1.77. The first kappa shape index (κ1) is 17.8. The molecule has 0 amide bonds. The molecule has 0 fully saturated rings. The van der Waals surface area contributed by atoms with E-state index < -0.39 is 36.4 Å². The highest BCUT2D eigenvalue weighted by molar-refractivity contribution is 5.82. The first-order chi connectivity index (χ1) is 9.34. The minimum atomic E-state index is -1.36. The Morgan fingerprint density at radius 2 is 1.85 bits per heavy atom. The van der Waals surface area contributed by atoms with Gasteiger partial charge in [0.15, 0.2) is 6.04 Å². The molecule has 0 aliphatic rings. The minimum absolute atomic E-state index is 0.290. The van der Waals surface area contributed by atoms with Crippen molar-refractivity contribution in [3.63, 3.8) is 0 Å². The molecule has 0 saturated carbocycles. The quantitative estimate of drug-likeness (QED) is 0.111. The molecule has 2 unspecified atom stereocenters. The Morgan fingerprint density at radius 3 is 2.35 bits per heavy atom. The van der Waals surface area contributed by atoms with Crippen molar-refractivity contribution in [2.75, 3.05) is 6.54 Å². The lowest BCUT2D eigenvalue weighted by Crippen LogP contribution is -2.35. The van der Waals surface area contributed by atoms with E-state index in [9.17, 15) is 14.4 Å². The molecule has 20 heavy (non-hydrogen) atoms. The smallest absolute Gasteiger partial charge is 0.329 e. The maximum Gasteiger partial charge on any atom is 0.329 e. The maximum absolute atomic E-state index is 10.6. The van der Waals surface area contributed by atoms with Crippen LogP contribution in [-0.4, -0.2) is 58.2 Å². The number of aliphatic carboxylic acids is 3. The van der Waals surface area contributed by atoms with Crippen molar-refractivity contribution in [1.29, 1.82) is 0 Å². The summed E-state index contributed by atoms with van der Waals surface area (Å²) in [6, 6.07) is -2.28. The Hall–Kier alpha value is -2.20. The van der Waals surface area contributed by atoms with Gasteiger partial charge in [-0.1, -0.05) is 0 Å². The Bertz CT molecular complexity index is 373. The summed E-state index contributed by atoms with van der Waals surface area (Å²) in [5.74, 6) is -3.67. The molecule has 0 aliphatic carbocycles. The van der Waals surface area contributed by atoms with Crippen LogP contribution in [-0.2, 0) is 14.4 Å². The molecular formula is C10H18N4O6. The number of hydrogen-bond acceptors (Lipinski definition) is 6.